The Kier molecular flexibility index (Phi) is 3.15. The van der Waals surface area contributed by atoms with E-state index in [1.54, 1.807) is 0 Å². The third-order valence-corrected chi connectivity index (χ3v) is 6.01. The fourth-order valence-electron chi connectivity index (χ4n) is 2.84. The number of hydrogen-bond donors (Lipinski definition) is 0. The van der Waals surface area contributed by atoms with Crippen LogP contribution in [0.1, 0.15) is 28.7 Å². The number of hydrogen-bond acceptors (Lipinski definition) is 2. The highest BCUT2D eigenvalue weighted by Gasteiger charge is 2.39. The molecule has 0 bridgehead atoms. The van der Waals surface area contributed by atoms with E-state index in [0.717, 1.165) is 11.1 Å². The van der Waals surface area contributed by atoms with Gasteiger partial charge in [0, 0.05) is 0 Å². The van der Waals surface area contributed by atoms with Crippen molar-refractivity contribution in [1.29, 1.82) is 0 Å². The highest BCUT2D eigenvalue weighted by atomic mass is 32.2. The van der Waals surface area contributed by atoms with Crippen molar-refractivity contribution in [1.82, 2.24) is 0 Å². The largest absolute Gasteiger partial charge is 0.228 e. The lowest BCUT2D eigenvalue weighted by atomic mass is 9.94. The van der Waals surface area contributed by atoms with Gasteiger partial charge in [0.05, 0.1) is 11.0 Å². The molecule has 2 atom stereocenters. The summed E-state index contributed by atoms with van der Waals surface area (Å²) in [4.78, 5) is 0. The van der Waals surface area contributed by atoms with Gasteiger partial charge >= 0.3 is 0 Å². The molecule has 1 saturated heterocycles. The monoisotopic (exact) mass is 272 g/mol. The predicted molar refractivity (Wildman–Crippen MR) is 76.8 cm³/mol. The Morgan fingerprint density at radius 3 is 1.89 bits per heavy atom. The lowest BCUT2D eigenvalue weighted by Gasteiger charge is -2.10. The molecule has 2 unspecified atom stereocenters. The molecular weight excluding hydrogens is 256 g/mol. The van der Waals surface area contributed by atoms with E-state index in [1.165, 1.54) is 0 Å². The topological polar surface area (TPSA) is 34.1 Å². The third-order valence-electron chi connectivity index (χ3n) is 3.81. The maximum Gasteiger partial charge on any atom is 0.157 e. The molecule has 1 aliphatic rings. The summed E-state index contributed by atoms with van der Waals surface area (Å²) in [5, 5.41) is -0.348. The average Bonchev–Trinajstić information content (AvgIpc) is 2.77. The smallest absolute Gasteiger partial charge is 0.157 e. The van der Waals surface area contributed by atoms with E-state index >= 15 is 0 Å². The molecule has 0 radical (unpaired) electrons. The molecule has 2 nitrogen and oxygen atoms in total. The Labute approximate surface area is 114 Å². The Morgan fingerprint density at radius 1 is 0.789 bits per heavy atom. The first-order chi connectivity index (χ1) is 9.17. The van der Waals surface area contributed by atoms with E-state index < -0.39 is 9.84 Å². The van der Waals surface area contributed by atoms with Crippen molar-refractivity contribution in [3.63, 3.8) is 0 Å². The van der Waals surface area contributed by atoms with E-state index in [0.29, 0.717) is 6.42 Å². The molecule has 0 spiro atoms. The quantitative estimate of drug-likeness (QED) is 0.840. The minimum atomic E-state index is -3.04. The first kappa shape index (κ1) is 12.4. The molecule has 0 aromatic heterocycles. The second-order valence-electron chi connectivity index (χ2n) is 5.07. The van der Waals surface area contributed by atoms with Crippen molar-refractivity contribution in [2.24, 2.45) is 0 Å². The van der Waals surface area contributed by atoms with E-state index in [9.17, 15) is 8.42 Å². The Morgan fingerprint density at radius 2 is 1.32 bits per heavy atom. The van der Waals surface area contributed by atoms with Gasteiger partial charge in [-0.3, -0.25) is 0 Å². The summed E-state index contributed by atoms with van der Waals surface area (Å²) in [5.74, 6) is 0.382. The highest BCUT2D eigenvalue weighted by molar-refractivity contribution is 7.91. The standard InChI is InChI=1S/C16H16O2S/c17-19(18)12-15(13-7-3-1-4-8-13)11-16(19)14-9-5-2-6-10-14/h1-10,15-16H,11-12H2. The molecule has 98 valence electrons. The van der Waals surface area contributed by atoms with E-state index in [1.807, 2.05) is 60.7 Å². The summed E-state index contributed by atoms with van der Waals surface area (Å²) in [7, 11) is -3.04. The van der Waals surface area contributed by atoms with Crippen LogP contribution in [-0.4, -0.2) is 14.2 Å². The third kappa shape index (κ3) is 2.43. The van der Waals surface area contributed by atoms with Crippen molar-refractivity contribution < 1.29 is 8.42 Å². The molecule has 0 aliphatic carbocycles. The van der Waals surface area contributed by atoms with Crippen LogP contribution in [0.4, 0.5) is 0 Å². The Hall–Kier alpha value is -1.61. The van der Waals surface area contributed by atoms with Crippen LogP contribution in [0, 0.1) is 0 Å². The zero-order valence-electron chi connectivity index (χ0n) is 10.6. The van der Waals surface area contributed by atoms with Crippen LogP contribution in [0.3, 0.4) is 0 Å². The molecule has 0 N–H and O–H groups in total. The normalized spacial score (nSPS) is 25.3. The maximum atomic E-state index is 12.3. The van der Waals surface area contributed by atoms with Crippen LogP contribution < -0.4 is 0 Å². The molecule has 1 fully saturated rings. The fourth-order valence-corrected chi connectivity index (χ4v) is 5.06. The molecular formula is C16H16O2S. The molecule has 1 aliphatic heterocycles. The van der Waals surface area contributed by atoms with Gasteiger partial charge in [0.15, 0.2) is 9.84 Å². The van der Waals surface area contributed by atoms with Gasteiger partial charge in [-0.25, -0.2) is 8.42 Å². The van der Waals surface area contributed by atoms with Crippen molar-refractivity contribution in [3.8, 4) is 0 Å². The van der Waals surface area contributed by atoms with Crippen LogP contribution in [0.2, 0.25) is 0 Å². The van der Waals surface area contributed by atoms with E-state index in [-0.39, 0.29) is 16.9 Å². The summed E-state index contributed by atoms with van der Waals surface area (Å²) < 4.78 is 24.7. The molecule has 1 heterocycles. The highest BCUT2D eigenvalue weighted by Crippen LogP contribution is 2.42. The summed E-state index contributed by atoms with van der Waals surface area (Å²) >= 11 is 0. The van der Waals surface area contributed by atoms with Gasteiger partial charge in [0.2, 0.25) is 0 Å². The zero-order chi connectivity index (χ0) is 13.3. The predicted octanol–water partition coefficient (Wildman–Crippen LogP) is 3.33. The lowest BCUT2D eigenvalue weighted by Crippen LogP contribution is -2.08. The van der Waals surface area contributed by atoms with Crippen LogP contribution in [0.5, 0.6) is 0 Å². The SMILES string of the molecule is O=S1(=O)CC(c2ccccc2)CC1c1ccccc1. The summed E-state index contributed by atoms with van der Waals surface area (Å²) in [6.07, 6.45) is 0.691. The molecule has 2 aromatic rings. The minimum Gasteiger partial charge on any atom is -0.228 e. The first-order valence-electron chi connectivity index (χ1n) is 6.48. The first-order valence-corrected chi connectivity index (χ1v) is 8.20. The molecule has 3 heteroatoms. The molecule has 3 rings (SSSR count). The van der Waals surface area contributed by atoms with Crippen molar-refractivity contribution in [3.05, 3.63) is 71.8 Å². The average molecular weight is 272 g/mol. The van der Waals surface area contributed by atoms with E-state index in [4.69, 9.17) is 0 Å². The second kappa shape index (κ2) is 4.82. The van der Waals surface area contributed by atoms with Crippen molar-refractivity contribution >= 4 is 9.84 Å². The Balaban J connectivity index is 1.93. The summed E-state index contributed by atoms with van der Waals surface area (Å²) in [6.45, 7) is 0. The van der Waals surface area contributed by atoms with E-state index in [2.05, 4.69) is 0 Å². The minimum absolute atomic E-state index is 0.122. The van der Waals surface area contributed by atoms with Gasteiger partial charge < -0.3 is 0 Å². The molecule has 0 amide bonds. The van der Waals surface area contributed by atoms with Gasteiger partial charge in [-0.15, -0.1) is 0 Å². The molecule has 2 aromatic carbocycles. The van der Waals surface area contributed by atoms with Crippen LogP contribution in [0.15, 0.2) is 60.7 Å². The summed E-state index contributed by atoms with van der Waals surface area (Å²) in [6, 6.07) is 19.5. The second-order valence-corrected chi connectivity index (χ2v) is 7.30. The fraction of sp³-hybridized carbons (Fsp3) is 0.250. The number of sulfone groups is 1. The van der Waals surface area contributed by atoms with Crippen LogP contribution in [-0.2, 0) is 9.84 Å². The molecule has 0 saturated carbocycles. The van der Waals surface area contributed by atoms with Gasteiger partial charge in [0.25, 0.3) is 0 Å². The van der Waals surface area contributed by atoms with Crippen LogP contribution in [0.25, 0.3) is 0 Å². The van der Waals surface area contributed by atoms with Crippen molar-refractivity contribution in [2.75, 3.05) is 5.75 Å². The van der Waals surface area contributed by atoms with Gasteiger partial charge in [0.1, 0.15) is 0 Å². The Bertz CT molecular complexity index is 648. The van der Waals surface area contributed by atoms with Gasteiger partial charge in [-0.05, 0) is 23.5 Å². The lowest BCUT2D eigenvalue weighted by molar-refractivity contribution is 0.592. The molecule has 19 heavy (non-hydrogen) atoms. The van der Waals surface area contributed by atoms with Gasteiger partial charge in [-0.2, -0.15) is 0 Å². The summed E-state index contributed by atoms with van der Waals surface area (Å²) in [5.41, 5.74) is 2.05. The number of benzene rings is 2. The zero-order valence-corrected chi connectivity index (χ0v) is 11.4. The van der Waals surface area contributed by atoms with Crippen molar-refractivity contribution in [2.45, 2.75) is 17.6 Å². The van der Waals surface area contributed by atoms with Gasteiger partial charge in [-0.1, -0.05) is 60.7 Å². The maximum absolute atomic E-state index is 12.3. The number of rotatable bonds is 2. The van der Waals surface area contributed by atoms with Crippen LogP contribution >= 0.6 is 0 Å².